The lowest BCUT2D eigenvalue weighted by molar-refractivity contribution is -0.165. The molecule has 1 rings (SSSR count). The van der Waals surface area contributed by atoms with Crippen LogP contribution in [0.1, 0.15) is 40.5 Å². The molecular formula is C13H22O4. The Bertz CT molecular complexity index is 278. The van der Waals surface area contributed by atoms with Crippen molar-refractivity contribution in [2.45, 2.75) is 40.5 Å². The number of rotatable bonds is 6. The summed E-state index contributed by atoms with van der Waals surface area (Å²) in [6.45, 7) is 8.26. The standard InChI is InChI=1S/C13H22O4/c1-5-16-11(14)13(12(15)17-6-2)8-10(13)7-9(3)4/h9-10H,5-8H2,1-4H3. The quantitative estimate of drug-likeness (QED) is 0.529. The minimum atomic E-state index is -1.00. The number of hydrogen-bond acceptors (Lipinski definition) is 4. The molecule has 1 fully saturated rings. The van der Waals surface area contributed by atoms with E-state index in [0.29, 0.717) is 25.6 Å². The number of esters is 2. The topological polar surface area (TPSA) is 52.6 Å². The minimum Gasteiger partial charge on any atom is -0.465 e. The summed E-state index contributed by atoms with van der Waals surface area (Å²) in [6.07, 6.45) is 1.43. The van der Waals surface area contributed by atoms with E-state index in [1.807, 2.05) is 0 Å². The van der Waals surface area contributed by atoms with Crippen LogP contribution in [0.15, 0.2) is 0 Å². The molecule has 0 aromatic heterocycles. The van der Waals surface area contributed by atoms with E-state index in [1.54, 1.807) is 13.8 Å². The molecule has 0 aliphatic heterocycles. The highest BCUT2D eigenvalue weighted by molar-refractivity contribution is 6.03. The molecule has 0 saturated heterocycles. The van der Waals surface area contributed by atoms with Crippen molar-refractivity contribution in [2.24, 2.45) is 17.3 Å². The first kappa shape index (κ1) is 14.0. The zero-order chi connectivity index (χ0) is 13.1. The van der Waals surface area contributed by atoms with Gasteiger partial charge < -0.3 is 9.47 Å². The summed E-state index contributed by atoms with van der Waals surface area (Å²) in [6, 6.07) is 0. The molecule has 0 spiro atoms. The van der Waals surface area contributed by atoms with E-state index in [2.05, 4.69) is 13.8 Å². The molecule has 1 saturated carbocycles. The Morgan fingerprint density at radius 2 is 1.65 bits per heavy atom. The van der Waals surface area contributed by atoms with Crippen LogP contribution in [0, 0.1) is 17.3 Å². The highest BCUT2D eigenvalue weighted by atomic mass is 16.6. The van der Waals surface area contributed by atoms with Gasteiger partial charge in [-0.1, -0.05) is 13.8 Å². The van der Waals surface area contributed by atoms with Gasteiger partial charge in [-0.3, -0.25) is 9.59 Å². The van der Waals surface area contributed by atoms with Gasteiger partial charge in [0.2, 0.25) is 0 Å². The van der Waals surface area contributed by atoms with Gasteiger partial charge in [-0.25, -0.2) is 0 Å². The van der Waals surface area contributed by atoms with Gasteiger partial charge in [-0.2, -0.15) is 0 Å². The summed E-state index contributed by atoms with van der Waals surface area (Å²) in [5, 5.41) is 0. The van der Waals surface area contributed by atoms with Gasteiger partial charge in [0.1, 0.15) is 0 Å². The third kappa shape index (κ3) is 2.79. The Kier molecular flexibility index (Phi) is 4.54. The smallest absolute Gasteiger partial charge is 0.323 e. The number of carbonyl (C=O) groups is 2. The van der Waals surface area contributed by atoms with E-state index in [9.17, 15) is 9.59 Å². The number of hydrogen-bond donors (Lipinski definition) is 0. The van der Waals surface area contributed by atoms with Crippen molar-refractivity contribution in [1.82, 2.24) is 0 Å². The molecule has 4 heteroatoms. The van der Waals surface area contributed by atoms with Crippen LogP contribution in [0.4, 0.5) is 0 Å². The summed E-state index contributed by atoms with van der Waals surface area (Å²) in [7, 11) is 0. The maximum absolute atomic E-state index is 11.9. The van der Waals surface area contributed by atoms with Crippen molar-refractivity contribution in [1.29, 1.82) is 0 Å². The largest absolute Gasteiger partial charge is 0.465 e. The zero-order valence-electron chi connectivity index (χ0n) is 11.1. The summed E-state index contributed by atoms with van der Waals surface area (Å²) >= 11 is 0. The fraction of sp³-hybridized carbons (Fsp3) is 0.846. The van der Waals surface area contributed by atoms with Crippen molar-refractivity contribution in [3.63, 3.8) is 0 Å². The van der Waals surface area contributed by atoms with Crippen molar-refractivity contribution in [3.8, 4) is 0 Å². The van der Waals surface area contributed by atoms with Crippen molar-refractivity contribution < 1.29 is 19.1 Å². The molecule has 0 radical (unpaired) electrons. The normalized spacial score (nSPS) is 21.1. The molecule has 17 heavy (non-hydrogen) atoms. The molecule has 0 N–H and O–H groups in total. The maximum Gasteiger partial charge on any atom is 0.323 e. The van der Waals surface area contributed by atoms with Crippen molar-refractivity contribution in [2.75, 3.05) is 13.2 Å². The van der Waals surface area contributed by atoms with E-state index >= 15 is 0 Å². The third-order valence-electron chi connectivity index (χ3n) is 3.14. The van der Waals surface area contributed by atoms with Gasteiger partial charge >= 0.3 is 11.9 Å². The first-order valence-corrected chi connectivity index (χ1v) is 6.33. The van der Waals surface area contributed by atoms with Crippen LogP contribution in [0.5, 0.6) is 0 Å². The van der Waals surface area contributed by atoms with Gasteiger partial charge in [-0.15, -0.1) is 0 Å². The van der Waals surface area contributed by atoms with Gasteiger partial charge in [0.25, 0.3) is 0 Å². The second-order valence-corrected chi connectivity index (χ2v) is 4.94. The van der Waals surface area contributed by atoms with E-state index in [4.69, 9.17) is 9.47 Å². The predicted octanol–water partition coefficient (Wildman–Crippen LogP) is 2.17. The molecule has 98 valence electrons. The van der Waals surface area contributed by atoms with Gasteiger partial charge in [0.15, 0.2) is 5.41 Å². The minimum absolute atomic E-state index is 0.0839. The molecule has 1 aliphatic carbocycles. The Morgan fingerprint density at radius 3 is 2.00 bits per heavy atom. The maximum atomic E-state index is 11.9. The average Bonchev–Trinajstić information content (AvgIpc) is 2.93. The van der Waals surface area contributed by atoms with Gasteiger partial charge in [-0.05, 0) is 38.5 Å². The second kappa shape index (κ2) is 5.52. The summed E-state index contributed by atoms with van der Waals surface area (Å²) in [5.74, 6) is -0.278. The fourth-order valence-corrected chi connectivity index (χ4v) is 2.29. The molecule has 0 bridgehead atoms. The lowest BCUT2D eigenvalue weighted by atomic mass is 9.98. The van der Waals surface area contributed by atoms with Crippen molar-refractivity contribution in [3.05, 3.63) is 0 Å². The summed E-state index contributed by atoms with van der Waals surface area (Å²) in [5.41, 5.74) is -1.00. The highest BCUT2D eigenvalue weighted by Gasteiger charge is 2.67. The van der Waals surface area contributed by atoms with E-state index in [1.165, 1.54) is 0 Å². The predicted molar refractivity (Wildman–Crippen MR) is 63.3 cm³/mol. The first-order valence-electron chi connectivity index (χ1n) is 6.33. The average molecular weight is 242 g/mol. The molecule has 0 aromatic rings. The first-order chi connectivity index (χ1) is 7.98. The SMILES string of the molecule is CCOC(=O)C1(C(=O)OCC)CC1CC(C)C. The number of ether oxygens (including phenoxy) is 2. The molecule has 0 aromatic carbocycles. The fourth-order valence-electron chi connectivity index (χ4n) is 2.29. The molecule has 1 atom stereocenters. The molecular weight excluding hydrogens is 220 g/mol. The van der Waals surface area contributed by atoms with Crippen LogP contribution in [-0.4, -0.2) is 25.2 Å². The molecule has 1 aliphatic rings. The Hall–Kier alpha value is -1.06. The van der Waals surface area contributed by atoms with Crippen LogP contribution in [0.2, 0.25) is 0 Å². The molecule has 4 nitrogen and oxygen atoms in total. The lowest BCUT2D eigenvalue weighted by Crippen LogP contribution is -2.32. The van der Waals surface area contributed by atoms with Crippen LogP contribution in [-0.2, 0) is 19.1 Å². The zero-order valence-corrected chi connectivity index (χ0v) is 11.1. The lowest BCUT2D eigenvalue weighted by Gasteiger charge is -2.15. The van der Waals surface area contributed by atoms with Crippen LogP contribution in [0.25, 0.3) is 0 Å². The van der Waals surface area contributed by atoms with Crippen molar-refractivity contribution >= 4 is 11.9 Å². The molecule has 0 amide bonds. The second-order valence-electron chi connectivity index (χ2n) is 4.94. The summed E-state index contributed by atoms with van der Waals surface area (Å²) < 4.78 is 10.0. The Balaban J connectivity index is 2.75. The molecule has 0 heterocycles. The van der Waals surface area contributed by atoms with E-state index < -0.39 is 17.4 Å². The monoisotopic (exact) mass is 242 g/mol. The molecule has 1 unspecified atom stereocenters. The highest BCUT2D eigenvalue weighted by Crippen LogP contribution is 2.57. The Morgan fingerprint density at radius 1 is 1.18 bits per heavy atom. The Labute approximate surface area is 103 Å². The number of carbonyl (C=O) groups excluding carboxylic acids is 2. The third-order valence-corrected chi connectivity index (χ3v) is 3.14. The van der Waals surface area contributed by atoms with Crippen LogP contribution in [0.3, 0.4) is 0 Å². The van der Waals surface area contributed by atoms with E-state index in [0.717, 1.165) is 6.42 Å². The van der Waals surface area contributed by atoms with Gasteiger partial charge in [0.05, 0.1) is 13.2 Å². The van der Waals surface area contributed by atoms with Gasteiger partial charge in [0, 0.05) is 0 Å². The van der Waals surface area contributed by atoms with Crippen LogP contribution < -0.4 is 0 Å². The van der Waals surface area contributed by atoms with Crippen LogP contribution >= 0.6 is 0 Å². The summed E-state index contributed by atoms with van der Waals surface area (Å²) in [4.78, 5) is 23.8. The van der Waals surface area contributed by atoms with E-state index in [-0.39, 0.29) is 5.92 Å².